The van der Waals surface area contributed by atoms with Crippen molar-refractivity contribution in [2.24, 2.45) is 0 Å². The van der Waals surface area contributed by atoms with Crippen LogP contribution >= 0.6 is 0 Å². The monoisotopic (exact) mass is 384 g/mol. The second-order valence-corrected chi connectivity index (χ2v) is 7.58. The van der Waals surface area contributed by atoms with Crippen LogP contribution < -0.4 is 20.9 Å². The van der Waals surface area contributed by atoms with Gasteiger partial charge in [-0.2, -0.15) is 0 Å². The zero-order chi connectivity index (χ0) is 19.6. The fourth-order valence-electron chi connectivity index (χ4n) is 3.89. The third-order valence-corrected chi connectivity index (χ3v) is 5.41. The lowest BCUT2D eigenvalue weighted by molar-refractivity contribution is -0.118. The van der Waals surface area contributed by atoms with Crippen LogP contribution in [0.4, 0.5) is 16.2 Å². The van der Waals surface area contributed by atoms with Gasteiger partial charge in [-0.3, -0.25) is 10.1 Å². The summed E-state index contributed by atoms with van der Waals surface area (Å²) in [5.74, 6) is -0.331. The Kier molecular flexibility index (Phi) is 7.76. The second kappa shape index (κ2) is 10.7. The number of urea groups is 1. The summed E-state index contributed by atoms with van der Waals surface area (Å²) < 4.78 is 0. The molecule has 0 saturated carbocycles. The minimum Gasteiger partial charge on any atom is -0.374 e. The normalized spacial score (nSPS) is 16.9. The van der Waals surface area contributed by atoms with Crippen molar-refractivity contribution in [1.82, 2.24) is 10.6 Å². The van der Waals surface area contributed by atoms with Crippen LogP contribution in [0.25, 0.3) is 0 Å². The molecule has 6 nitrogen and oxygen atoms in total. The molecule has 3 N–H and O–H groups in total. The van der Waals surface area contributed by atoms with Crippen LogP contribution in [0, 0.1) is 0 Å². The van der Waals surface area contributed by atoms with E-state index in [9.17, 15) is 9.59 Å². The first-order valence-corrected chi connectivity index (χ1v) is 10.6. The van der Waals surface area contributed by atoms with Crippen LogP contribution in [-0.4, -0.2) is 38.1 Å². The van der Waals surface area contributed by atoms with E-state index in [-0.39, 0.29) is 12.5 Å². The highest BCUT2D eigenvalue weighted by molar-refractivity contribution is 5.96. The predicted molar refractivity (Wildman–Crippen MR) is 114 cm³/mol. The molecule has 1 aromatic rings. The Hall–Kier alpha value is -2.50. The maximum atomic E-state index is 12.1. The number of allylic oxidation sites excluding steroid dienone is 1. The Labute approximate surface area is 167 Å². The number of carbonyl (C=O) groups is 2. The maximum absolute atomic E-state index is 12.1. The number of piperidine rings is 1. The summed E-state index contributed by atoms with van der Waals surface area (Å²) in [6.45, 7) is 2.73. The van der Waals surface area contributed by atoms with Crippen molar-refractivity contribution in [3.05, 3.63) is 35.9 Å². The molecule has 28 heavy (non-hydrogen) atoms. The molecule has 0 bridgehead atoms. The van der Waals surface area contributed by atoms with Gasteiger partial charge in [0.05, 0.1) is 17.9 Å². The smallest absolute Gasteiger partial charge is 0.321 e. The summed E-state index contributed by atoms with van der Waals surface area (Å²) in [5, 5.41) is 8.36. The van der Waals surface area contributed by atoms with Gasteiger partial charge in [-0.05, 0) is 63.5 Å². The SMILES string of the molecule is O=C(CNc1ccccc1N1CCCCC1)NC(=O)NCCC1=CCCCC1. The lowest BCUT2D eigenvalue weighted by atomic mass is 9.97. The molecule has 1 heterocycles. The Morgan fingerprint density at radius 1 is 1.00 bits per heavy atom. The van der Waals surface area contributed by atoms with Gasteiger partial charge in [0.25, 0.3) is 0 Å². The van der Waals surface area contributed by atoms with E-state index < -0.39 is 6.03 Å². The number of carbonyl (C=O) groups excluding carboxylic acids is 2. The largest absolute Gasteiger partial charge is 0.374 e. The highest BCUT2D eigenvalue weighted by atomic mass is 16.2. The number of rotatable bonds is 7. The fourth-order valence-corrected chi connectivity index (χ4v) is 3.89. The van der Waals surface area contributed by atoms with Gasteiger partial charge in [0.15, 0.2) is 0 Å². The molecule has 0 atom stereocenters. The first-order chi connectivity index (χ1) is 13.7. The molecule has 1 saturated heterocycles. The van der Waals surface area contributed by atoms with Crippen LogP contribution in [0.15, 0.2) is 35.9 Å². The van der Waals surface area contributed by atoms with Crippen LogP contribution in [0.1, 0.15) is 51.4 Å². The Bertz CT molecular complexity index is 696. The van der Waals surface area contributed by atoms with E-state index in [0.717, 1.165) is 43.7 Å². The zero-order valence-corrected chi connectivity index (χ0v) is 16.6. The zero-order valence-electron chi connectivity index (χ0n) is 16.6. The summed E-state index contributed by atoms with van der Waals surface area (Å²) >= 11 is 0. The lowest BCUT2D eigenvalue weighted by Gasteiger charge is -2.30. The van der Waals surface area contributed by atoms with Crippen molar-refractivity contribution < 1.29 is 9.59 Å². The molecule has 3 amide bonds. The molecule has 152 valence electrons. The molecule has 1 aromatic carbocycles. The van der Waals surface area contributed by atoms with Gasteiger partial charge in [-0.1, -0.05) is 23.8 Å². The first-order valence-electron chi connectivity index (χ1n) is 10.6. The van der Waals surface area contributed by atoms with Gasteiger partial charge >= 0.3 is 6.03 Å². The van der Waals surface area contributed by atoms with Crippen LogP contribution in [0.3, 0.4) is 0 Å². The van der Waals surface area contributed by atoms with Gasteiger partial charge in [0.1, 0.15) is 0 Å². The van der Waals surface area contributed by atoms with E-state index in [1.165, 1.54) is 37.7 Å². The van der Waals surface area contributed by atoms with E-state index in [1.807, 2.05) is 18.2 Å². The van der Waals surface area contributed by atoms with Gasteiger partial charge in [-0.25, -0.2) is 4.79 Å². The summed E-state index contributed by atoms with van der Waals surface area (Å²) in [4.78, 5) is 26.4. The van der Waals surface area contributed by atoms with Gasteiger partial charge in [0, 0.05) is 19.6 Å². The topological polar surface area (TPSA) is 73.5 Å². The number of nitrogens with one attached hydrogen (secondary N) is 3. The molecule has 0 aromatic heterocycles. The average Bonchev–Trinajstić information content (AvgIpc) is 2.74. The second-order valence-electron chi connectivity index (χ2n) is 7.58. The first kappa shape index (κ1) is 20.2. The fraction of sp³-hybridized carbons (Fsp3) is 0.545. The van der Waals surface area contributed by atoms with Crippen LogP contribution in [0.5, 0.6) is 0 Å². The molecule has 1 aliphatic heterocycles. The number of para-hydroxylation sites is 2. The number of hydrogen-bond donors (Lipinski definition) is 3. The standard InChI is InChI=1S/C22H32N4O2/c27-21(25-22(28)23-14-13-18-9-3-1-4-10-18)17-24-19-11-5-6-12-20(19)26-15-7-2-8-16-26/h5-6,9,11-12,24H,1-4,7-8,10,13-17H2,(H2,23,25,27,28). The summed E-state index contributed by atoms with van der Waals surface area (Å²) in [6, 6.07) is 7.62. The van der Waals surface area contributed by atoms with Crippen molar-refractivity contribution >= 4 is 23.3 Å². The molecule has 0 unspecified atom stereocenters. The maximum Gasteiger partial charge on any atom is 0.321 e. The van der Waals surface area contributed by atoms with Crippen molar-refractivity contribution in [2.75, 3.05) is 36.4 Å². The number of hydrogen-bond acceptors (Lipinski definition) is 4. The Morgan fingerprint density at radius 3 is 2.61 bits per heavy atom. The lowest BCUT2D eigenvalue weighted by Crippen LogP contribution is -2.42. The van der Waals surface area contributed by atoms with E-state index in [2.05, 4.69) is 33.0 Å². The summed E-state index contributed by atoms with van der Waals surface area (Å²) in [5.41, 5.74) is 3.47. The Balaban J connectivity index is 1.40. The van der Waals surface area contributed by atoms with Gasteiger partial charge in [0.2, 0.25) is 5.91 Å². The van der Waals surface area contributed by atoms with E-state index in [0.29, 0.717) is 6.54 Å². The molecular formula is C22H32N4O2. The molecule has 1 aliphatic carbocycles. The number of nitrogens with zero attached hydrogens (tertiary/aromatic N) is 1. The molecule has 1 fully saturated rings. The number of anilines is 2. The Morgan fingerprint density at radius 2 is 1.82 bits per heavy atom. The minimum absolute atomic E-state index is 0.0728. The molecule has 0 spiro atoms. The van der Waals surface area contributed by atoms with E-state index in [4.69, 9.17) is 0 Å². The van der Waals surface area contributed by atoms with Crippen molar-refractivity contribution in [3.63, 3.8) is 0 Å². The number of imide groups is 1. The van der Waals surface area contributed by atoms with Crippen LogP contribution in [-0.2, 0) is 4.79 Å². The minimum atomic E-state index is -0.424. The summed E-state index contributed by atoms with van der Waals surface area (Å²) in [6.07, 6.45) is 11.6. The van der Waals surface area contributed by atoms with Gasteiger partial charge < -0.3 is 15.5 Å². The molecule has 3 rings (SSSR count). The molecule has 2 aliphatic rings. The van der Waals surface area contributed by atoms with Crippen molar-refractivity contribution in [3.8, 4) is 0 Å². The quantitative estimate of drug-likeness (QED) is 0.625. The highest BCUT2D eigenvalue weighted by Crippen LogP contribution is 2.28. The average molecular weight is 385 g/mol. The van der Waals surface area contributed by atoms with Gasteiger partial charge in [-0.15, -0.1) is 0 Å². The van der Waals surface area contributed by atoms with E-state index in [1.54, 1.807) is 0 Å². The molecule has 6 heteroatoms. The van der Waals surface area contributed by atoms with E-state index >= 15 is 0 Å². The predicted octanol–water partition coefficient (Wildman–Crippen LogP) is 3.81. The highest BCUT2D eigenvalue weighted by Gasteiger charge is 2.15. The third kappa shape index (κ3) is 6.29. The molecule has 0 radical (unpaired) electrons. The summed E-state index contributed by atoms with van der Waals surface area (Å²) in [7, 11) is 0. The molecular weight excluding hydrogens is 352 g/mol. The third-order valence-electron chi connectivity index (χ3n) is 5.41. The van der Waals surface area contributed by atoms with Crippen molar-refractivity contribution in [2.45, 2.75) is 51.4 Å². The number of amides is 3. The van der Waals surface area contributed by atoms with Crippen LogP contribution in [0.2, 0.25) is 0 Å². The number of benzene rings is 1. The van der Waals surface area contributed by atoms with Crippen molar-refractivity contribution in [1.29, 1.82) is 0 Å².